The van der Waals surface area contributed by atoms with Crippen molar-refractivity contribution in [2.24, 2.45) is 0 Å². The van der Waals surface area contributed by atoms with Crippen LogP contribution < -0.4 is 5.32 Å². The SMILES string of the molecule is CCCC(C#N)NC(=O)c1ccc(C2(O)COC2)cc1. The van der Waals surface area contributed by atoms with Gasteiger partial charge in [0.1, 0.15) is 11.6 Å². The Hall–Kier alpha value is -1.90. The lowest BCUT2D eigenvalue weighted by Crippen LogP contribution is -2.46. The second-order valence-corrected chi connectivity index (χ2v) is 5.05. The molecule has 1 aliphatic rings. The van der Waals surface area contributed by atoms with E-state index in [-0.39, 0.29) is 19.1 Å². The summed E-state index contributed by atoms with van der Waals surface area (Å²) in [5, 5.41) is 21.7. The molecule has 1 saturated heterocycles. The second-order valence-electron chi connectivity index (χ2n) is 5.05. The van der Waals surface area contributed by atoms with Crippen LogP contribution in [0.5, 0.6) is 0 Å². The van der Waals surface area contributed by atoms with Gasteiger partial charge in [0.15, 0.2) is 0 Å². The van der Waals surface area contributed by atoms with Gasteiger partial charge in [-0.15, -0.1) is 0 Å². The summed E-state index contributed by atoms with van der Waals surface area (Å²) in [4.78, 5) is 12.0. The number of hydrogen-bond acceptors (Lipinski definition) is 4. The fourth-order valence-corrected chi connectivity index (χ4v) is 2.09. The van der Waals surface area contributed by atoms with Gasteiger partial charge in [-0.1, -0.05) is 25.5 Å². The molecule has 5 heteroatoms. The lowest BCUT2D eigenvalue weighted by Gasteiger charge is -2.36. The summed E-state index contributed by atoms with van der Waals surface area (Å²) < 4.78 is 5.00. The van der Waals surface area contributed by atoms with Crippen LogP contribution in [0.2, 0.25) is 0 Å². The molecule has 1 atom stereocenters. The molecule has 0 aliphatic carbocycles. The van der Waals surface area contributed by atoms with Crippen LogP contribution in [0, 0.1) is 11.3 Å². The third-order valence-electron chi connectivity index (χ3n) is 3.40. The first-order valence-corrected chi connectivity index (χ1v) is 6.70. The van der Waals surface area contributed by atoms with Crippen LogP contribution in [-0.4, -0.2) is 30.3 Å². The molecule has 1 aromatic carbocycles. The number of nitrogens with one attached hydrogen (secondary N) is 1. The van der Waals surface area contributed by atoms with Crippen molar-refractivity contribution in [3.63, 3.8) is 0 Å². The maximum atomic E-state index is 12.0. The fraction of sp³-hybridized carbons (Fsp3) is 0.467. The summed E-state index contributed by atoms with van der Waals surface area (Å²) >= 11 is 0. The van der Waals surface area contributed by atoms with Crippen molar-refractivity contribution in [3.8, 4) is 6.07 Å². The van der Waals surface area contributed by atoms with Gasteiger partial charge in [-0.25, -0.2) is 0 Å². The first-order valence-electron chi connectivity index (χ1n) is 6.70. The molecule has 106 valence electrons. The van der Waals surface area contributed by atoms with Crippen LogP contribution in [0.1, 0.15) is 35.7 Å². The highest BCUT2D eigenvalue weighted by Gasteiger charge is 2.37. The minimum Gasteiger partial charge on any atom is -0.380 e. The van der Waals surface area contributed by atoms with Crippen LogP contribution >= 0.6 is 0 Å². The molecule has 0 bridgehead atoms. The van der Waals surface area contributed by atoms with Crippen molar-refractivity contribution in [1.82, 2.24) is 5.32 Å². The summed E-state index contributed by atoms with van der Waals surface area (Å²) in [6.45, 7) is 2.53. The molecular weight excluding hydrogens is 256 g/mol. The highest BCUT2D eigenvalue weighted by molar-refractivity contribution is 5.94. The number of carbonyl (C=O) groups is 1. The van der Waals surface area contributed by atoms with Crippen LogP contribution in [0.25, 0.3) is 0 Å². The van der Waals surface area contributed by atoms with E-state index in [1.54, 1.807) is 24.3 Å². The first kappa shape index (κ1) is 14.5. The highest BCUT2D eigenvalue weighted by atomic mass is 16.5. The minimum absolute atomic E-state index is 0.270. The molecule has 0 radical (unpaired) electrons. The average Bonchev–Trinajstić information content (AvgIpc) is 2.44. The standard InChI is InChI=1S/C15H18N2O3/c1-2-3-13(8-16)17-14(18)11-4-6-12(7-5-11)15(19)9-20-10-15/h4-7,13,19H,2-3,9-10H2,1H3,(H,17,18). The summed E-state index contributed by atoms with van der Waals surface area (Å²) in [7, 11) is 0. The average molecular weight is 274 g/mol. The smallest absolute Gasteiger partial charge is 0.252 e. The van der Waals surface area contributed by atoms with E-state index in [0.717, 1.165) is 12.0 Å². The third kappa shape index (κ3) is 2.98. The van der Waals surface area contributed by atoms with Crippen molar-refractivity contribution < 1.29 is 14.6 Å². The van der Waals surface area contributed by atoms with Gasteiger partial charge in [0.2, 0.25) is 0 Å². The molecule has 0 saturated carbocycles. The van der Waals surface area contributed by atoms with Gasteiger partial charge in [-0.05, 0) is 24.1 Å². The second kappa shape index (κ2) is 6.04. The number of benzene rings is 1. The van der Waals surface area contributed by atoms with Gasteiger partial charge in [0.25, 0.3) is 5.91 Å². The maximum absolute atomic E-state index is 12.0. The number of rotatable bonds is 5. The van der Waals surface area contributed by atoms with E-state index in [2.05, 4.69) is 11.4 Å². The van der Waals surface area contributed by atoms with Gasteiger partial charge in [-0.2, -0.15) is 5.26 Å². The molecule has 2 N–H and O–H groups in total. The van der Waals surface area contributed by atoms with Crippen molar-refractivity contribution in [2.75, 3.05) is 13.2 Å². The number of amides is 1. The number of carbonyl (C=O) groups excluding carboxylic acids is 1. The van der Waals surface area contributed by atoms with Crippen LogP contribution in [0.4, 0.5) is 0 Å². The molecule has 1 unspecified atom stereocenters. The van der Waals surface area contributed by atoms with E-state index in [0.29, 0.717) is 12.0 Å². The van der Waals surface area contributed by atoms with E-state index in [9.17, 15) is 9.90 Å². The molecule has 0 spiro atoms. The zero-order valence-corrected chi connectivity index (χ0v) is 11.4. The monoisotopic (exact) mass is 274 g/mol. The van der Waals surface area contributed by atoms with Crippen molar-refractivity contribution in [2.45, 2.75) is 31.4 Å². The zero-order valence-electron chi connectivity index (χ0n) is 11.4. The molecule has 1 heterocycles. The molecule has 1 aliphatic heterocycles. The quantitative estimate of drug-likeness (QED) is 0.848. The molecule has 1 amide bonds. The predicted molar refractivity (Wildman–Crippen MR) is 72.9 cm³/mol. The third-order valence-corrected chi connectivity index (χ3v) is 3.40. The molecule has 0 aromatic heterocycles. The van der Waals surface area contributed by atoms with Crippen LogP contribution in [0.15, 0.2) is 24.3 Å². The molecule has 20 heavy (non-hydrogen) atoms. The predicted octanol–water partition coefficient (Wildman–Crippen LogP) is 1.33. The zero-order chi connectivity index (χ0) is 14.6. The number of hydrogen-bond donors (Lipinski definition) is 2. The Morgan fingerprint density at radius 2 is 2.15 bits per heavy atom. The van der Waals surface area contributed by atoms with Gasteiger partial charge in [0.05, 0.1) is 19.3 Å². The van der Waals surface area contributed by atoms with E-state index in [1.807, 2.05) is 6.92 Å². The topological polar surface area (TPSA) is 82.4 Å². The van der Waals surface area contributed by atoms with Crippen molar-refractivity contribution >= 4 is 5.91 Å². The van der Waals surface area contributed by atoms with Gasteiger partial charge in [-0.3, -0.25) is 4.79 Å². The van der Waals surface area contributed by atoms with Gasteiger partial charge >= 0.3 is 0 Å². The molecule has 5 nitrogen and oxygen atoms in total. The number of nitriles is 1. The summed E-state index contributed by atoms with van der Waals surface area (Å²) in [5.74, 6) is -0.270. The van der Waals surface area contributed by atoms with Crippen molar-refractivity contribution in [1.29, 1.82) is 5.26 Å². The largest absolute Gasteiger partial charge is 0.380 e. The normalized spacial score (nSPS) is 17.6. The fourth-order valence-electron chi connectivity index (χ4n) is 2.09. The Kier molecular flexibility index (Phi) is 4.38. The first-order chi connectivity index (χ1) is 9.59. The molecule has 2 rings (SSSR count). The molecular formula is C15H18N2O3. The summed E-state index contributed by atoms with van der Waals surface area (Å²) in [5.41, 5.74) is 0.298. The summed E-state index contributed by atoms with van der Waals surface area (Å²) in [6.07, 6.45) is 1.47. The Morgan fingerprint density at radius 1 is 1.50 bits per heavy atom. The summed E-state index contributed by atoms with van der Waals surface area (Å²) in [6, 6.07) is 8.36. The Morgan fingerprint density at radius 3 is 2.60 bits per heavy atom. The van der Waals surface area contributed by atoms with E-state index in [4.69, 9.17) is 10.00 Å². The lowest BCUT2D eigenvalue weighted by atomic mass is 9.91. The van der Waals surface area contributed by atoms with Crippen LogP contribution in [0.3, 0.4) is 0 Å². The van der Waals surface area contributed by atoms with E-state index >= 15 is 0 Å². The van der Waals surface area contributed by atoms with Crippen LogP contribution in [-0.2, 0) is 10.3 Å². The Balaban J connectivity index is 2.02. The number of aliphatic hydroxyl groups is 1. The maximum Gasteiger partial charge on any atom is 0.252 e. The Labute approximate surface area is 118 Å². The van der Waals surface area contributed by atoms with E-state index in [1.165, 1.54) is 0 Å². The lowest BCUT2D eigenvalue weighted by molar-refractivity contribution is -0.184. The highest BCUT2D eigenvalue weighted by Crippen LogP contribution is 2.29. The minimum atomic E-state index is -0.924. The molecule has 1 fully saturated rings. The van der Waals surface area contributed by atoms with Crippen molar-refractivity contribution in [3.05, 3.63) is 35.4 Å². The van der Waals surface area contributed by atoms with Gasteiger partial charge in [0, 0.05) is 5.56 Å². The molecule has 1 aromatic rings. The number of nitrogens with zero attached hydrogens (tertiary/aromatic N) is 1. The van der Waals surface area contributed by atoms with E-state index < -0.39 is 11.6 Å². The number of ether oxygens (including phenoxy) is 1. The Bertz CT molecular complexity index is 515. The van der Waals surface area contributed by atoms with Gasteiger partial charge < -0.3 is 15.2 Å².